The minimum absolute atomic E-state index is 0.0301. The number of methoxy groups -OCH3 is 5. The fourth-order valence-electron chi connectivity index (χ4n) is 2.61. The van der Waals surface area contributed by atoms with Crippen LogP contribution in [0.4, 0.5) is 5.00 Å². The van der Waals surface area contributed by atoms with Gasteiger partial charge in [-0.2, -0.15) is 0 Å². The molecule has 0 aliphatic carbocycles. The maximum absolute atomic E-state index is 12.7. The summed E-state index contributed by atoms with van der Waals surface area (Å²) in [4.78, 5) is 36.9. The third kappa shape index (κ3) is 4.40. The number of esters is 3. The highest BCUT2D eigenvalue weighted by atomic mass is 32.1. The summed E-state index contributed by atoms with van der Waals surface area (Å²) in [6, 6.07) is 2.86. The summed E-state index contributed by atoms with van der Waals surface area (Å²) < 4.78 is 30.4. The molecule has 1 aromatic heterocycles. The number of benzene rings is 1. The predicted molar refractivity (Wildman–Crippen MR) is 107 cm³/mol. The zero-order valence-electron chi connectivity index (χ0n) is 17.0. The molecule has 0 saturated carbocycles. The summed E-state index contributed by atoms with van der Waals surface area (Å²) in [5.74, 6) is -1.45. The van der Waals surface area contributed by atoms with Crippen LogP contribution < -0.4 is 19.9 Å². The Morgan fingerprint density at radius 2 is 1.40 bits per heavy atom. The van der Waals surface area contributed by atoms with Crippen LogP contribution in [0.5, 0.6) is 17.2 Å². The highest BCUT2D eigenvalue weighted by Gasteiger charge is 2.29. The van der Waals surface area contributed by atoms with Gasteiger partial charge in [-0.1, -0.05) is 0 Å². The van der Waals surface area contributed by atoms with Gasteiger partial charge in [-0.3, -0.25) is 0 Å². The lowest BCUT2D eigenvalue weighted by molar-refractivity contribution is 0.0449. The first-order valence-corrected chi connectivity index (χ1v) is 9.19. The van der Waals surface area contributed by atoms with Gasteiger partial charge in [0.15, 0.2) is 11.5 Å². The Hall–Kier alpha value is -3.47. The van der Waals surface area contributed by atoms with Crippen LogP contribution in [0.25, 0.3) is 0 Å². The molecule has 0 aliphatic heterocycles. The van der Waals surface area contributed by atoms with E-state index in [2.05, 4.69) is 0 Å². The van der Waals surface area contributed by atoms with Gasteiger partial charge in [0.1, 0.15) is 33.4 Å². The Balaban J connectivity index is 2.41. The van der Waals surface area contributed by atoms with E-state index in [0.717, 1.165) is 11.3 Å². The number of nitrogen functional groups attached to an aromatic ring is 1. The van der Waals surface area contributed by atoms with Gasteiger partial charge in [0.05, 0.1) is 35.5 Å². The van der Waals surface area contributed by atoms with Gasteiger partial charge in [0, 0.05) is 17.7 Å². The van der Waals surface area contributed by atoms with Gasteiger partial charge in [-0.15, -0.1) is 11.3 Å². The van der Waals surface area contributed by atoms with Crippen molar-refractivity contribution in [1.29, 1.82) is 0 Å². The summed E-state index contributed by atoms with van der Waals surface area (Å²) in [6.45, 7) is -0.432. The summed E-state index contributed by atoms with van der Waals surface area (Å²) in [5.41, 5.74) is 5.94. The highest BCUT2D eigenvalue weighted by molar-refractivity contribution is 7.18. The quantitative estimate of drug-likeness (QED) is 0.482. The van der Waals surface area contributed by atoms with Crippen molar-refractivity contribution in [3.05, 3.63) is 33.7 Å². The zero-order chi connectivity index (χ0) is 22.4. The molecule has 0 bridgehead atoms. The van der Waals surface area contributed by atoms with E-state index >= 15 is 0 Å². The Bertz CT molecular complexity index is 967. The number of carbonyl (C=O) groups is 3. The minimum atomic E-state index is -0.788. The molecule has 11 heteroatoms. The topological polar surface area (TPSA) is 133 Å². The van der Waals surface area contributed by atoms with Crippen molar-refractivity contribution in [3.8, 4) is 17.2 Å². The molecule has 2 aromatic rings. The second-order valence-corrected chi connectivity index (χ2v) is 6.67. The fraction of sp³-hybridized carbons (Fsp3) is 0.316. The lowest BCUT2D eigenvalue weighted by Crippen LogP contribution is -2.13. The molecule has 0 atom stereocenters. The number of rotatable bonds is 8. The summed E-state index contributed by atoms with van der Waals surface area (Å²) in [7, 11) is 6.59. The monoisotopic (exact) mass is 439 g/mol. The third-order valence-electron chi connectivity index (χ3n) is 4.07. The Kier molecular flexibility index (Phi) is 7.48. The molecular weight excluding hydrogens is 418 g/mol. The number of hydrogen-bond acceptors (Lipinski definition) is 11. The van der Waals surface area contributed by atoms with E-state index in [4.69, 9.17) is 34.2 Å². The summed E-state index contributed by atoms with van der Waals surface area (Å²) in [6.07, 6.45) is 0. The first kappa shape index (κ1) is 22.8. The number of carbonyl (C=O) groups excluding carboxylic acids is 3. The van der Waals surface area contributed by atoms with Crippen LogP contribution in [0.1, 0.15) is 36.0 Å². The SMILES string of the molecule is COC(=O)c1sc(N)c(C(=O)OC)c1COC(=O)c1cc(OC)c(OC)cc1OC. The summed E-state index contributed by atoms with van der Waals surface area (Å²) >= 11 is 0.833. The Morgan fingerprint density at radius 3 is 1.93 bits per heavy atom. The van der Waals surface area contributed by atoms with Crippen molar-refractivity contribution in [3.63, 3.8) is 0 Å². The molecule has 1 heterocycles. The molecule has 1 aromatic carbocycles. The van der Waals surface area contributed by atoms with Gasteiger partial charge in [0.2, 0.25) is 0 Å². The third-order valence-corrected chi connectivity index (χ3v) is 5.11. The first-order valence-electron chi connectivity index (χ1n) is 8.37. The van der Waals surface area contributed by atoms with E-state index in [1.807, 2.05) is 0 Å². The van der Waals surface area contributed by atoms with E-state index in [-0.39, 0.29) is 38.1 Å². The summed E-state index contributed by atoms with van der Waals surface area (Å²) in [5, 5.41) is 0.0389. The molecule has 0 fully saturated rings. The van der Waals surface area contributed by atoms with E-state index in [1.165, 1.54) is 47.7 Å². The molecular formula is C19H21NO9S. The van der Waals surface area contributed by atoms with Crippen LogP contribution in [-0.4, -0.2) is 53.5 Å². The molecule has 10 nitrogen and oxygen atoms in total. The number of nitrogens with two attached hydrogens (primary N) is 1. The van der Waals surface area contributed by atoms with Crippen LogP contribution in [0.15, 0.2) is 12.1 Å². The highest BCUT2D eigenvalue weighted by Crippen LogP contribution is 2.36. The van der Waals surface area contributed by atoms with Gasteiger partial charge < -0.3 is 34.2 Å². The first-order chi connectivity index (χ1) is 14.3. The van der Waals surface area contributed by atoms with Gasteiger partial charge in [-0.05, 0) is 0 Å². The normalized spacial score (nSPS) is 10.2. The molecule has 2 N–H and O–H groups in total. The molecule has 0 aliphatic rings. The van der Waals surface area contributed by atoms with Crippen LogP contribution in [-0.2, 0) is 20.8 Å². The Labute approximate surface area is 176 Å². The van der Waals surface area contributed by atoms with Crippen molar-refractivity contribution >= 4 is 34.2 Å². The van der Waals surface area contributed by atoms with Gasteiger partial charge >= 0.3 is 17.9 Å². The minimum Gasteiger partial charge on any atom is -0.496 e. The second-order valence-electron chi connectivity index (χ2n) is 5.62. The largest absolute Gasteiger partial charge is 0.496 e. The number of thiophene rings is 1. The van der Waals surface area contributed by atoms with Crippen molar-refractivity contribution in [2.24, 2.45) is 0 Å². The average molecular weight is 439 g/mol. The Morgan fingerprint density at radius 1 is 0.833 bits per heavy atom. The molecule has 0 spiro atoms. The number of ether oxygens (including phenoxy) is 6. The predicted octanol–water partition coefficient (Wildman–Crippen LogP) is 2.29. The standard InChI is InChI=1S/C19H21NO9S/c1-24-11-7-13(26-3)12(25-2)6-9(11)17(21)29-8-10-14(18(22)27-4)16(20)30-15(10)19(23)28-5/h6-7H,8,20H2,1-5H3. The average Bonchev–Trinajstić information content (AvgIpc) is 3.11. The van der Waals surface area contributed by atoms with Crippen LogP contribution in [0.2, 0.25) is 0 Å². The van der Waals surface area contributed by atoms with Crippen molar-refractivity contribution < 1.29 is 42.8 Å². The van der Waals surface area contributed by atoms with Crippen LogP contribution >= 0.6 is 11.3 Å². The van der Waals surface area contributed by atoms with E-state index in [0.29, 0.717) is 5.75 Å². The molecule has 30 heavy (non-hydrogen) atoms. The molecule has 0 radical (unpaired) electrons. The molecule has 2 rings (SSSR count). The smallest absolute Gasteiger partial charge is 0.348 e. The molecule has 0 saturated heterocycles. The fourth-order valence-corrected chi connectivity index (χ4v) is 3.59. The van der Waals surface area contributed by atoms with Crippen LogP contribution in [0, 0.1) is 0 Å². The molecule has 0 unspecified atom stereocenters. The lowest BCUT2D eigenvalue weighted by atomic mass is 10.1. The van der Waals surface area contributed by atoms with Gasteiger partial charge in [-0.25, -0.2) is 14.4 Å². The van der Waals surface area contributed by atoms with Crippen molar-refractivity contribution in [2.75, 3.05) is 41.3 Å². The van der Waals surface area contributed by atoms with Crippen molar-refractivity contribution in [1.82, 2.24) is 0 Å². The maximum atomic E-state index is 12.7. The van der Waals surface area contributed by atoms with Gasteiger partial charge in [0.25, 0.3) is 0 Å². The number of hydrogen-bond donors (Lipinski definition) is 1. The van der Waals surface area contributed by atoms with E-state index in [9.17, 15) is 14.4 Å². The van der Waals surface area contributed by atoms with Crippen LogP contribution in [0.3, 0.4) is 0 Å². The van der Waals surface area contributed by atoms with Crippen molar-refractivity contribution in [2.45, 2.75) is 6.61 Å². The number of anilines is 1. The maximum Gasteiger partial charge on any atom is 0.348 e. The molecule has 162 valence electrons. The van der Waals surface area contributed by atoms with E-state index < -0.39 is 24.5 Å². The van der Waals surface area contributed by atoms with E-state index in [1.54, 1.807) is 0 Å². The second kappa shape index (κ2) is 9.83. The molecule has 0 amide bonds. The zero-order valence-corrected chi connectivity index (χ0v) is 17.8. The lowest BCUT2D eigenvalue weighted by Gasteiger charge is -2.14.